The first-order chi connectivity index (χ1) is 16.9. The maximum absolute atomic E-state index is 13.3. The van der Waals surface area contributed by atoms with Gasteiger partial charge in [-0.1, -0.05) is 19.1 Å². The van der Waals surface area contributed by atoms with Gasteiger partial charge in [-0.05, 0) is 74.3 Å². The fraction of sp³-hybridized carbons (Fsp3) is 0.481. The molecular formula is C27H34F2N4O2. The number of carbonyl (C=O) groups is 2. The van der Waals surface area contributed by atoms with E-state index >= 15 is 0 Å². The van der Waals surface area contributed by atoms with E-state index in [2.05, 4.69) is 22.5 Å². The van der Waals surface area contributed by atoms with E-state index in [9.17, 15) is 18.4 Å². The molecule has 188 valence electrons. The summed E-state index contributed by atoms with van der Waals surface area (Å²) in [6, 6.07) is 11.7. The molecule has 0 spiro atoms. The molecule has 2 N–H and O–H groups in total. The molecule has 1 aliphatic heterocycles. The molecule has 1 saturated heterocycles. The first-order valence-electron chi connectivity index (χ1n) is 12.5. The summed E-state index contributed by atoms with van der Waals surface area (Å²) in [5, 5.41) is 6.41. The molecule has 2 aliphatic rings. The van der Waals surface area contributed by atoms with E-state index in [1.165, 1.54) is 36.4 Å². The van der Waals surface area contributed by atoms with Crippen molar-refractivity contribution in [2.45, 2.75) is 44.2 Å². The zero-order valence-corrected chi connectivity index (χ0v) is 20.2. The Balaban J connectivity index is 1.30. The Kier molecular flexibility index (Phi) is 8.46. The minimum Gasteiger partial charge on any atom is -0.340 e. The van der Waals surface area contributed by atoms with Crippen molar-refractivity contribution < 1.29 is 18.4 Å². The SMILES string of the molecule is CCN1CCN(C(=O)[C@H](CCCN[C@@H]2C[C@H]2c2ccc(F)cc2)NC(=O)c2ccc(F)cc2)CC1. The van der Waals surface area contributed by atoms with Crippen LogP contribution in [0.25, 0.3) is 0 Å². The van der Waals surface area contributed by atoms with Gasteiger partial charge in [0.15, 0.2) is 0 Å². The summed E-state index contributed by atoms with van der Waals surface area (Å²) in [6.07, 6.45) is 2.25. The number of hydrogen-bond donors (Lipinski definition) is 2. The summed E-state index contributed by atoms with van der Waals surface area (Å²) in [7, 11) is 0. The number of hydrogen-bond acceptors (Lipinski definition) is 4. The van der Waals surface area contributed by atoms with Crippen LogP contribution in [0.15, 0.2) is 48.5 Å². The predicted molar refractivity (Wildman–Crippen MR) is 131 cm³/mol. The quantitative estimate of drug-likeness (QED) is 0.509. The molecule has 2 fully saturated rings. The molecule has 1 aliphatic carbocycles. The van der Waals surface area contributed by atoms with Crippen LogP contribution in [0, 0.1) is 11.6 Å². The summed E-state index contributed by atoms with van der Waals surface area (Å²) in [5.41, 5.74) is 1.47. The van der Waals surface area contributed by atoms with Gasteiger partial charge in [0.25, 0.3) is 5.91 Å². The van der Waals surface area contributed by atoms with Crippen LogP contribution in [0.2, 0.25) is 0 Å². The molecule has 0 aromatic heterocycles. The molecule has 1 heterocycles. The standard InChI is InChI=1S/C27H34F2N4O2/c1-2-32-14-16-33(17-15-32)27(35)24(31-26(34)20-7-11-22(29)12-8-20)4-3-13-30-25-18-23(25)19-5-9-21(28)10-6-19/h5-12,23-25,30H,2-4,13-18H2,1H3,(H,31,34)/t23-,24-,25+/m0/s1. The Bertz CT molecular complexity index is 991. The van der Waals surface area contributed by atoms with Crippen molar-refractivity contribution in [1.82, 2.24) is 20.4 Å². The fourth-order valence-corrected chi connectivity index (χ4v) is 4.70. The third-order valence-electron chi connectivity index (χ3n) is 7.01. The number of carbonyl (C=O) groups excluding carboxylic acids is 2. The third-order valence-corrected chi connectivity index (χ3v) is 7.01. The van der Waals surface area contributed by atoms with Gasteiger partial charge in [-0.25, -0.2) is 8.78 Å². The number of benzene rings is 2. The van der Waals surface area contributed by atoms with Crippen molar-refractivity contribution >= 4 is 11.8 Å². The zero-order chi connectivity index (χ0) is 24.8. The number of nitrogens with one attached hydrogen (secondary N) is 2. The maximum atomic E-state index is 13.3. The van der Waals surface area contributed by atoms with Crippen LogP contribution in [-0.4, -0.2) is 73.0 Å². The highest BCUT2D eigenvalue weighted by Crippen LogP contribution is 2.40. The summed E-state index contributed by atoms with van der Waals surface area (Å²) in [6.45, 7) is 6.74. The van der Waals surface area contributed by atoms with E-state index in [-0.39, 0.29) is 17.6 Å². The van der Waals surface area contributed by atoms with Crippen LogP contribution in [0.4, 0.5) is 8.78 Å². The Morgan fingerprint density at radius 2 is 1.60 bits per heavy atom. The van der Waals surface area contributed by atoms with Gasteiger partial charge in [-0.2, -0.15) is 0 Å². The molecule has 0 unspecified atom stereocenters. The van der Waals surface area contributed by atoms with Crippen molar-refractivity contribution in [3.05, 3.63) is 71.3 Å². The van der Waals surface area contributed by atoms with Gasteiger partial charge >= 0.3 is 0 Å². The number of likely N-dealkylation sites (N-methyl/N-ethyl adjacent to an activating group) is 1. The van der Waals surface area contributed by atoms with Crippen molar-refractivity contribution in [3.8, 4) is 0 Å². The van der Waals surface area contributed by atoms with Crippen LogP contribution in [0.5, 0.6) is 0 Å². The Hall–Kier alpha value is -2.84. The second-order valence-corrected chi connectivity index (χ2v) is 9.39. The van der Waals surface area contributed by atoms with Gasteiger partial charge in [0, 0.05) is 43.7 Å². The van der Waals surface area contributed by atoms with Crippen molar-refractivity contribution in [2.75, 3.05) is 39.3 Å². The Labute approximate surface area is 205 Å². The highest BCUT2D eigenvalue weighted by Gasteiger charge is 2.37. The molecule has 35 heavy (non-hydrogen) atoms. The van der Waals surface area contributed by atoms with Crippen LogP contribution >= 0.6 is 0 Å². The average molecular weight is 485 g/mol. The van der Waals surface area contributed by atoms with Crippen LogP contribution < -0.4 is 10.6 Å². The summed E-state index contributed by atoms with van der Waals surface area (Å²) in [4.78, 5) is 30.2. The normalized spacial score (nSPS) is 20.9. The number of rotatable bonds is 10. The lowest BCUT2D eigenvalue weighted by Crippen LogP contribution is -2.55. The highest BCUT2D eigenvalue weighted by atomic mass is 19.1. The lowest BCUT2D eigenvalue weighted by molar-refractivity contribution is -0.135. The van der Waals surface area contributed by atoms with E-state index in [1.807, 2.05) is 17.0 Å². The molecular weight excluding hydrogens is 450 g/mol. The van der Waals surface area contributed by atoms with Crippen molar-refractivity contribution in [2.24, 2.45) is 0 Å². The summed E-state index contributed by atoms with van der Waals surface area (Å²) >= 11 is 0. The van der Waals surface area contributed by atoms with Gasteiger partial charge < -0.3 is 20.4 Å². The number of amides is 2. The minimum absolute atomic E-state index is 0.0631. The van der Waals surface area contributed by atoms with E-state index in [4.69, 9.17) is 0 Å². The maximum Gasteiger partial charge on any atom is 0.251 e. The van der Waals surface area contributed by atoms with Gasteiger partial charge in [0.2, 0.25) is 5.91 Å². The summed E-state index contributed by atoms with van der Waals surface area (Å²) in [5.74, 6) is -0.684. The molecule has 8 heteroatoms. The molecule has 2 amide bonds. The lowest BCUT2D eigenvalue weighted by Gasteiger charge is -2.36. The van der Waals surface area contributed by atoms with Crippen LogP contribution in [0.3, 0.4) is 0 Å². The lowest BCUT2D eigenvalue weighted by atomic mass is 10.1. The van der Waals surface area contributed by atoms with Gasteiger partial charge in [0.1, 0.15) is 17.7 Å². The molecule has 2 aromatic carbocycles. The number of nitrogens with zero attached hydrogens (tertiary/aromatic N) is 2. The fourth-order valence-electron chi connectivity index (χ4n) is 4.70. The zero-order valence-electron chi connectivity index (χ0n) is 20.2. The van der Waals surface area contributed by atoms with Gasteiger partial charge in [0.05, 0.1) is 0 Å². The topological polar surface area (TPSA) is 64.7 Å². The van der Waals surface area contributed by atoms with E-state index in [0.717, 1.165) is 44.6 Å². The minimum atomic E-state index is -0.630. The smallest absolute Gasteiger partial charge is 0.251 e. The monoisotopic (exact) mass is 484 g/mol. The molecule has 6 nitrogen and oxygen atoms in total. The largest absolute Gasteiger partial charge is 0.340 e. The molecule has 2 aromatic rings. The first-order valence-corrected chi connectivity index (χ1v) is 12.5. The van der Waals surface area contributed by atoms with Gasteiger partial charge in [-0.3, -0.25) is 9.59 Å². The van der Waals surface area contributed by atoms with Crippen LogP contribution in [-0.2, 0) is 4.79 Å². The van der Waals surface area contributed by atoms with E-state index in [1.54, 1.807) is 0 Å². The second kappa shape index (κ2) is 11.7. The van der Waals surface area contributed by atoms with E-state index < -0.39 is 11.9 Å². The third kappa shape index (κ3) is 6.86. The average Bonchev–Trinajstić information content (AvgIpc) is 3.65. The number of piperazine rings is 1. The molecule has 0 bridgehead atoms. The summed E-state index contributed by atoms with van der Waals surface area (Å²) < 4.78 is 26.4. The highest BCUT2D eigenvalue weighted by molar-refractivity contribution is 5.97. The molecule has 1 saturated carbocycles. The van der Waals surface area contributed by atoms with Crippen LogP contribution in [0.1, 0.15) is 48.0 Å². The van der Waals surface area contributed by atoms with Crippen molar-refractivity contribution in [3.63, 3.8) is 0 Å². The first kappa shape index (κ1) is 25.3. The Morgan fingerprint density at radius 1 is 0.971 bits per heavy atom. The second-order valence-electron chi connectivity index (χ2n) is 9.39. The molecule has 4 rings (SSSR count). The predicted octanol–water partition coefficient (Wildman–Crippen LogP) is 3.15. The van der Waals surface area contributed by atoms with Crippen molar-refractivity contribution in [1.29, 1.82) is 0 Å². The molecule has 0 radical (unpaired) electrons. The Morgan fingerprint density at radius 3 is 2.23 bits per heavy atom. The van der Waals surface area contributed by atoms with Gasteiger partial charge in [-0.15, -0.1) is 0 Å². The molecule has 3 atom stereocenters. The van der Waals surface area contributed by atoms with E-state index in [0.29, 0.717) is 37.0 Å². The number of halogens is 2.